The van der Waals surface area contributed by atoms with Crippen molar-refractivity contribution in [3.8, 4) is 11.8 Å². The van der Waals surface area contributed by atoms with Crippen molar-refractivity contribution in [2.75, 3.05) is 33.0 Å². The lowest BCUT2D eigenvalue weighted by Crippen LogP contribution is -2.54. The molecule has 1 fully saturated rings. The second-order valence-corrected chi connectivity index (χ2v) is 9.21. The smallest absolute Gasteiger partial charge is 0.252 e. The highest BCUT2D eigenvalue weighted by Crippen LogP contribution is 2.36. The molecule has 1 heterocycles. The van der Waals surface area contributed by atoms with Gasteiger partial charge in [0.15, 0.2) is 0 Å². The fourth-order valence-electron chi connectivity index (χ4n) is 3.90. The molecule has 0 saturated carbocycles. The van der Waals surface area contributed by atoms with Crippen LogP contribution in [0.4, 0.5) is 4.39 Å². The number of ether oxygens (including phenoxy) is 1. The van der Waals surface area contributed by atoms with E-state index < -0.39 is 23.6 Å². The summed E-state index contributed by atoms with van der Waals surface area (Å²) in [6.07, 6.45) is 0.594. The molecule has 0 bridgehead atoms. The van der Waals surface area contributed by atoms with E-state index in [0.29, 0.717) is 6.42 Å². The van der Waals surface area contributed by atoms with Gasteiger partial charge in [-0.25, -0.2) is 9.87 Å². The third-order valence-corrected chi connectivity index (χ3v) is 6.73. The lowest BCUT2D eigenvalue weighted by Gasteiger charge is -2.39. The number of hydrogen-bond acceptors (Lipinski definition) is 5. The zero-order chi connectivity index (χ0) is 24.6. The summed E-state index contributed by atoms with van der Waals surface area (Å²) in [5, 5.41) is 19.4. The number of hydroxylamine groups is 1. The van der Waals surface area contributed by atoms with Gasteiger partial charge in [-0.15, -0.1) is 0 Å². The van der Waals surface area contributed by atoms with E-state index in [4.69, 9.17) is 9.94 Å². The normalized spacial score (nSPS) is 17.7. The monoisotopic (exact) mass is 468 g/mol. The van der Waals surface area contributed by atoms with Crippen LogP contribution in [-0.2, 0) is 22.5 Å². The number of carbonyl (C=O) groups excluding carboxylic acids is 1. The first kappa shape index (κ1) is 25.9. The summed E-state index contributed by atoms with van der Waals surface area (Å²) >= 11 is 0. The quantitative estimate of drug-likeness (QED) is 0.315. The summed E-state index contributed by atoms with van der Waals surface area (Å²) in [7, 11) is 0. The highest BCUT2D eigenvalue weighted by Gasteiger charge is 2.49. The SMILES string of the molecule is CC(O)(CF)C(C)(CCc1ccc(C#Cc2ccc(CN3CCOCC3)cc2)cc1)C(=O)NO. The van der Waals surface area contributed by atoms with E-state index in [-0.39, 0.29) is 6.42 Å². The van der Waals surface area contributed by atoms with E-state index in [1.807, 2.05) is 36.4 Å². The van der Waals surface area contributed by atoms with Crippen molar-refractivity contribution in [3.05, 3.63) is 70.8 Å². The molecule has 2 aromatic rings. The molecule has 3 N–H and O–H groups in total. The van der Waals surface area contributed by atoms with Gasteiger partial charge >= 0.3 is 0 Å². The van der Waals surface area contributed by atoms with Crippen molar-refractivity contribution < 1.29 is 24.2 Å². The number of benzene rings is 2. The second-order valence-electron chi connectivity index (χ2n) is 9.21. The Hall–Kier alpha value is -2.76. The summed E-state index contributed by atoms with van der Waals surface area (Å²) in [6, 6.07) is 15.9. The number of alkyl halides is 1. The van der Waals surface area contributed by atoms with Gasteiger partial charge in [0.2, 0.25) is 0 Å². The van der Waals surface area contributed by atoms with Crippen LogP contribution in [0.2, 0.25) is 0 Å². The largest absolute Gasteiger partial charge is 0.386 e. The molecule has 3 rings (SSSR count). The number of nitrogens with zero attached hydrogens (tertiary/aromatic N) is 1. The minimum atomic E-state index is -1.90. The van der Waals surface area contributed by atoms with E-state index in [1.54, 1.807) is 5.48 Å². The zero-order valence-corrected chi connectivity index (χ0v) is 19.8. The van der Waals surface area contributed by atoms with Gasteiger partial charge in [-0.3, -0.25) is 14.9 Å². The van der Waals surface area contributed by atoms with E-state index >= 15 is 0 Å². The van der Waals surface area contributed by atoms with Crippen LogP contribution in [-0.4, -0.2) is 59.7 Å². The highest BCUT2D eigenvalue weighted by atomic mass is 19.1. The second kappa shape index (κ2) is 11.6. The topological polar surface area (TPSA) is 82.0 Å². The maximum Gasteiger partial charge on any atom is 0.252 e. The van der Waals surface area contributed by atoms with E-state index in [0.717, 1.165) is 49.5 Å². The summed E-state index contributed by atoms with van der Waals surface area (Å²) in [6.45, 7) is 6.02. The molecule has 182 valence electrons. The van der Waals surface area contributed by atoms with Crippen molar-refractivity contribution in [1.29, 1.82) is 0 Å². The zero-order valence-electron chi connectivity index (χ0n) is 19.8. The van der Waals surface area contributed by atoms with Crippen LogP contribution >= 0.6 is 0 Å². The average Bonchev–Trinajstić information content (AvgIpc) is 2.87. The Labute approximate surface area is 200 Å². The Morgan fingerprint density at radius 1 is 1.03 bits per heavy atom. The molecule has 0 aromatic heterocycles. The molecular weight excluding hydrogens is 435 g/mol. The van der Waals surface area contributed by atoms with Crippen molar-refractivity contribution in [2.24, 2.45) is 5.41 Å². The number of aliphatic hydroxyl groups is 1. The lowest BCUT2D eigenvalue weighted by atomic mass is 9.70. The maximum atomic E-state index is 13.4. The van der Waals surface area contributed by atoms with Crippen LogP contribution < -0.4 is 5.48 Å². The van der Waals surface area contributed by atoms with Crippen LogP contribution in [0.25, 0.3) is 0 Å². The Bertz CT molecular complexity index is 1010. The third kappa shape index (κ3) is 6.43. The number of aryl methyl sites for hydroxylation is 1. The van der Waals surface area contributed by atoms with Crippen LogP contribution in [0.15, 0.2) is 48.5 Å². The minimum absolute atomic E-state index is 0.165. The summed E-state index contributed by atoms with van der Waals surface area (Å²) in [5.74, 6) is 5.53. The van der Waals surface area contributed by atoms with Gasteiger partial charge in [0, 0.05) is 30.8 Å². The van der Waals surface area contributed by atoms with Gasteiger partial charge in [-0.2, -0.15) is 0 Å². The predicted octanol–water partition coefficient (Wildman–Crippen LogP) is 3.08. The van der Waals surface area contributed by atoms with E-state index in [2.05, 4.69) is 28.9 Å². The molecule has 1 saturated heterocycles. The predicted molar refractivity (Wildman–Crippen MR) is 128 cm³/mol. The Morgan fingerprint density at radius 3 is 2.06 bits per heavy atom. The third-order valence-electron chi connectivity index (χ3n) is 6.73. The van der Waals surface area contributed by atoms with Crippen molar-refractivity contribution in [2.45, 2.75) is 38.8 Å². The Balaban J connectivity index is 1.59. The van der Waals surface area contributed by atoms with Gasteiger partial charge in [0.25, 0.3) is 5.91 Å². The van der Waals surface area contributed by atoms with Crippen LogP contribution in [0.3, 0.4) is 0 Å². The number of carbonyl (C=O) groups is 1. The first-order valence-corrected chi connectivity index (χ1v) is 11.5. The first-order chi connectivity index (χ1) is 16.3. The Morgan fingerprint density at radius 2 is 1.56 bits per heavy atom. The first-order valence-electron chi connectivity index (χ1n) is 11.5. The summed E-state index contributed by atoms with van der Waals surface area (Å²) < 4.78 is 18.8. The van der Waals surface area contributed by atoms with E-state index in [1.165, 1.54) is 19.4 Å². The molecule has 1 amide bonds. The fourth-order valence-corrected chi connectivity index (χ4v) is 3.90. The van der Waals surface area contributed by atoms with Crippen LogP contribution in [0.1, 0.15) is 42.5 Å². The molecule has 0 aliphatic carbocycles. The molecule has 1 aliphatic rings. The van der Waals surface area contributed by atoms with E-state index in [9.17, 15) is 14.3 Å². The van der Waals surface area contributed by atoms with Crippen LogP contribution in [0.5, 0.6) is 0 Å². The summed E-state index contributed by atoms with van der Waals surface area (Å²) in [4.78, 5) is 14.5. The molecule has 0 radical (unpaired) electrons. The standard InChI is InChI=1S/C27H33FN2O4/c1-26(25(31)29-33,27(2,32)20-28)14-13-23-7-5-21(6-8-23)3-4-22-9-11-24(12-10-22)19-30-15-17-34-18-16-30/h5-12,32-33H,13-20H2,1-2H3,(H,29,31). The number of halogens is 1. The van der Waals surface area contributed by atoms with Gasteiger partial charge in [0.05, 0.1) is 18.6 Å². The molecular formula is C27H33FN2O4. The molecule has 1 aliphatic heterocycles. The van der Waals surface area contributed by atoms with Gasteiger partial charge < -0.3 is 9.84 Å². The molecule has 6 nitrogen and oxygen atoms in total. The lowest BCUT2D eigenvalue weighted by molar-refractivity contribution is -0.158. The number of nitrogens with one attached hydrogen (secondary N) is 1. The molecule has 2 atom stereocenters. The van der Waals surface area contributed by atoms with Crippen molar-refractivity contribution in [3.63, 3.8) is 0 Å². The highest BCUT2D eigenvalue weighted by molar-refractivity contribution is 5.82. The fraction of sp³-hybridized carbons (Fsp3) is 0.444. The number of hydrogen-bond donors (Lipinski definition) is 3. The van der Waals surface area contributed by atoms with Gasteiger partial charge in [-0.05, 0) is 62.1 Å². The number of morpholine rings is 1. The van der Waals surface area contributed by atoms with Gasteiger partial charge in [0.1, 0.15) is 12.3 Å². The van der Waals surface area contributed by atoms with Crippen LogP contribution in [0, 0.1) is 17.3 Å². The molecule has 0 spiro atoms. The van der Waals surface area contributed by atoms with Crippen molar-refractivity contribution in [1.82, 2.24) is 10.4 Å². The number of amides is 1. The molecule has 2 unspecified atom stereocenters. The Kier molecular flexibility index (Phi) is 8.81. The molecule has 34 heavy (non-hydrogen) atoms. The maximum absolute atomic E-state index is 13.4. The number of rotatable bonds is 8. The van der Waals surface area contributed by atoms with Gasteiger partial charge in [-0.1, -0.05) is 36.1 Å². The molecule has 2 aromatic carbocycles. The minimum Gasteiger partial charge on any atom is -0.386 e. The molecule has 7 heteroatoms. The summed E-state index contributed by atoms with van der Waals surface area (Å²) in [5.41, 5.74) is 2.14. The average molecular weight is 469 g/mol. The van der Waals surface area contributed by atoms with Crippen molar-refractivity contribution >= 4 is 5.91 Å².